The van der Waals surface area contributed by atoms with Crippen LogP contribution in [0.15, 0.2) is 0 Å². The first-order chi connectivity index (χ1) is 7.53. The van der Waals surface area contributed by atoms with E-state index < -0.39 is 12.6 Å². The van der Waals surface area contributed by atoms with Crippen LogP contribution in [0.5, 0.6) is 0 Å². The standard InChI is InChI=1S/C11H20F3NO/c12-11(13,14)6-2-4-8-15-7-3-1-5-10(15)9-16/h10,16H,1-9H2/t10-/m1/s1. The van der Waals surface area contributed by atoms with Gasteiger partial charge in [-0.15, -0.1) is 0 Å². The van der Waals surface area contributed by atoms with Gasteiger partial charge in [-0.25, -0.2) is 0 Å². The zero-order valence-corrected chi connectivity index (χ0v) is 9.47. The van der Waals surface area contributed by atoms with Crippen LogP contribution in [-0.4, -0.2) is 41.9 Å². The molecule has 0 bridgehead atoms. The van der Waals surface area contributed by atoms with Crippen LogP contribution < -0.4 is 0 Å². The van der Waals surface area contributed by atoms with Crippen molar-refractivity contribution in [1.82, 2.24) is 4.90 Å². The first-order valence-electron chi connectivity index (χ1n) is 5.94. The SMILES string of the molecule is OC[C@H]1CCCCN1CCCCC(F)(F)F. The predicted octanol–water partition coefficient (Wildman–Crippen LogP) is 2.57. The maximum atomic E-state index is 11.9. The number of alkyl halides is 3. The topological polar surface area (TPSA) is 23.5 Å². The van der Waals surface area contributed by atoms with Gasteiger partial charge in [0.25, 0.3) is 0 Å². The van der Waals surface area contributed by atoms with Gasteiger partial charge in [0.1, 0.15) is 0 Å². The second-order valence-corrected chi connectivity index (χ2v) is 4.44. The summed E-state index contributed by atoms with van der Waals surface area (Å²) in [5.41, 5.74) is 0. The Hall–Kier alpha value is -0.290. The first kappa shape index (κ1) is 13.8. The van der Waals surface area contributed by atoms with Gasteiger partial charge in [0.15, 0.2) is 0 Å². The van der Waals surface area contributed by atoms with Crippen LogP contribution in [-0.2, 0) is 0 Å². The monoisotopic (exact) mass is 239 g/mol. The van der Waals surface area contributed by atoms with Crippen molar-refractivity contribution in [1.29, 1.82) is 0 Å². The van der Waals surface area contributed by atoms with Crippen molar-refractivity contribution in [3.05, 3.63) is 0 Å². The van der Waals surface area contributed by atoms with Gasteiger partial charge in [0.05, 0.1) is 6.61 Å². The van der Waals surface area contributed by atoms with E-state index in [4.69, 9.17) is 5.11 Å². The highest BCUT2D eigenvalue weighted by Crippen LogP contribution is 2.23. The number of hydrogen-bond acceptors (Lipinski definition) is 2. The predicted molar refractivity (Wildman–Crippen MR) is 56.2 cm³/mol. The molecule has 0 unspecified atom stereocenters. The van der Waals surface area contributed by atoms with Crippen LogP contribution in [0.4, 0.5) is 13.2 Å². The molecule has 0 saturated carbocycles. The number of likely N-dealkylation sites (tertiary alicyclic amines) is 1. The van der Waals surface area contributed by atoms with E-state index in [1.807, 2.05) is 0 Å². The highest BCUT2D eigenvalue weighted by atomic mass is 19.4. The van der Waals surface area contributed by atoms with Crippen molar-refractivity contribution >= 4 is 0 Å². The molecule has 2 nitrogen and oxygen atoms in total. The van der Waals surface area contributed by atoms with Gasteiger partial charge in [-0.05, 0) is 38.8 Å². The molecule has 1 aliphatic rings. The van der Waals surface area contributed by atoms with Crippen LogP contribution in [0.3, 0.4) is 0 Å². The Bertz CT molecular complexity index is 196. The zero-order valence-electron chi connectivity index (χ0n) is 9.47. The third-order valence-corrected chi connectivity index (χ3v) is 3.12. The molecule has 1 rings (SSSR count). The Kier molecular flexibility index (Phi) is 5.55. The minimum absolute atomic E-state index is 0.124. The highest BCUT2D eigenvalue weighted by molar-refractivity contribution is 4.75. The summed E-state index contributed by atoms with van der Waals surface area (Å²) in [4.78, 5) is 2.12. The molecule has 0 spiro atoms. The summed E-state index contributed by atoms with van der Waals surface area (Å²) < 4.78 is 35.7. The Labute approximate surface area is 94.4 Å². The summed E-state index contributed by atoms with van der Waals surface area (Å²) in [6, 6.07) is 0.166. The molecule has 1 fully saturated rings. The molecular weight excluding hydrogens is 219 g/mol. The van der Waals surface area contributed by atoms with Crippen molar-refractivity contribution in [3.8, 4) is 0 Å². The lowest BCUT2D eigenvalue weighted by molar-refractivity contribution is -0.135. The third kappa shape index (κ3) is 5.16. The molecule has 1 atom stereocenters. The summed E-state index contributed by atoms with van der Waals surface area (Å²) in [7, 11) is 0. The van der Waals surface area contributed by atoms with E-state index in [1.54, 1.807) is 0 Å². The number of piperidine rings is 1. The Morgan fingerprint density at radius 1 is 1.19 bits per heavy atom. The van der Waals surface area contributed by atoms with Crippen molar-refractivity contribution in [2.45, 2.75) is 50.7 Å². The number of nitrogens with zero attached hydrogens (tertiary/aromatic N) is 1. The van der Waals surface area contributed by atoms with Gasteiger partial charge in [-0.2, -0.15) is 13.2 Å². The molecule has 0 aromatic heterocycles. The maximum Gasteiger partial charge on any atom is 0.389 e. The quantitative estimate of drug-likeness (QED) is 0.745. The van der Waals surface area contributed by atoms with Crippen molar-refractivity contribution in [2.75, 3.05) is 19.7 Å². The lowest BCUT2D eigenvalue weighted by Crippen LogP contribution is -2.42. The van der Waals surface area contributed by atoms with Gasteiger partial charge in [0.2, 0.25) is 0 Å². The zero-order chi connectivity index (χ0) is 12.0. The fraction of sp³-hybridized carbons (Fsp3) is 1.00. The van der Waals surface area contributed by atoms with Gasteiger partial charge >= 0.3 is 6.18 Å². The van der Waals surface area contributed by atoms with E-state index in [9.17, 15) is 13.2 Å². The van der Waals surface area contributed by atoms with E-state index in [0.29, 0.717) is 13.0 Å². The molecule has 1 aliphatic heterocycles. The summed E-state index contributed by atoms with van der Waals surface area (Å²) in [6.07, 6.45) is -0.785. The second kappa shape index (κ2) is 6.45. The molecule has 0 aromatic rings. The number of aliphatic hydroxyl groups excluding tert-OH is 1. The summed E-state index contributed by atoms with van der Waals surface area (Å²) in [5, 5.41) is 9.13. The van der Waals surface area contributed by atoms with E-state index in [-0.39, 0.29) is 19.1 Å². The van der Waals surface area contributed by atoms with Crippen LogP contribution in [0.1, 0.15) is 38.5 Å². The largest absolute Gasteiger partial charge is 0.395 e. The van der Waals surface area contributed by atoms with Crippen molar-refractivity contribution < 1.29 is 18.3 Å². The number of unbranched alkanes of at least 4 members (excludes halogenated alkanes) is 1. The number of rotatable bonds is 5. The number of hydrogen-bond donors (Lipinski definition) is 1. The smallest absolute Gasteiger partial charge is 0.389 e. The average Bonchev–Trinajstić information content (AvgIpc) is 2.23. The molecule has 0 aliphatic carbocycles. The van der Waals surface area contributed by atoms with Gasteiger partial charge in [-0.3, -0.25) is 4.90 Å². The molecule has 1 N–H and O–H groups in total. The number of halogens is 3. The minimum atomic E-state index is -4.03. The summed E-state index contributed by atoms with van der Waals surface area (Å²) in [6.45, 7) is 1.72. The molecule has 0 amide bonds. The van der Waals surface area contributed by atoms with Crippen LogP contribution in [0, 0.1) is 0 Å². The van der Waals surface area contributed by atoms with Crippen molar-refractivity contribution in [3.63, 3.8) is 0 Å². The van der Waals surface area contributed by atoms with Gasteiger partial charge < -0.3 is 5.11 Å². The number of aliphatic hydroxyl groups is 1. The van der Waals surface area contributed by atoms with E-state index >= 15 is 0 Å². The fourth-order valence-electron chi connectivity index (χ4n) is 2.20. The van der Waals surface area contributed by atoms with Crippen LogP contribution in [0.25, 0.3) is 0 Å². The lowest BCUT2D eigenvalue weighted by atomic mass is 10.0. The normalized spacial score (nSPS) is 23.6. The fourth-order valence-corrected chi connectivity index (χ4v) is 2.20. The summed E-state index contributed by atoms with van der Waals surface area (Å²) >= 11 is 0. The molecular formula is C11H20F3NO. The van der Waals surface area contributed by atoms with E-state index in [1.165, 1.54) is 0 Å². The van der Waals surface area contributed by atoms with Gasteiger partial charge in [-0.1, -0.05) is 6.42 Å². The van der Waals surface area contributed by atoms with E-state index in [2.05, 4.69) is 4.90 Å². The molecule has 5 heteroatoms. The molecule has 16 heavy (non-hydrogen) atoms. The minimum Gasteiger partial charge on any atom is -0.395 e. The molecule has 0 radical (unpaired) electrons. The molecule has 96 valence electrons. The lowest BCUT2D eigenvalue weighted by Gasteiger charge is -2.34. The third-order valence-electron chi connectivity index (χ3n) is 3.12. The Morgan fingerprint density at radius 2 is 1.94 bits per heavy atom. The van der Waals surface area contributed by atoms with Crippen molar-refractivity contribution in [2.24, 2.45) is 0 Å². The maximum absolute atomic E-state index is 11.9. The van der Waals surface area contributed by atoms with E-state index in [0.717, 1.165) is 25.8 Å². The highest BCUT2D eigenvalue weighted by Gasteiger charge is 2.26. The molecule has 1 saturated heterocycles. The second-order valence-electron chi connectivity index (χ2n) is 4.44. The van der Waals surface area contributed by atoms with Crippen LogP contribution in [0.2, 0.25) is 0 Å². The average molecular weight is 239 g/mol. The molecule has 1 heterocycles. The van der Waals surface area contributed by atoms with Gasteiger partial charge in [0, 0.05) is 12.5 Å². The Morgan fingerprint density at radius 3 is 2.56 bits per heavy atom. The first-order valence-corrected chi connectivity index (χ1v) is 5.94. The molecule has 0 aromatic carbocycles. The van der Waals surface area contributed by atoms with Crippen LogP contribution >= 0.6 is 0 Å². The summed E-state index contributed by atoms with van der Waals surface area (Å²) in [5.74, 6) is 0. The Balaban J connectivity index is 2.15.